The van der Waals surface area contributed by atoms with Gasteiger partial charge in [-0.15, -0.1) is 0 Å². The number of carbonyl (C=O) groups excluding carboxylic acids is 1. The summed E-state index contributed by atoms with van der Waals surface area (Å²) in [6.45, 7) is 0.432. The lowest BCUT2D eigenvalue weighted by Gasteiger charge is -2.20. The number of hydrogen-bond donors (Lipinski definition) is 1. The van der Waals surface area contributed by atoms with Crippen molar-refractivity contribution in [3.05, 3.63) is 99.6 Å². The largest absolute Gasteiger partial charge is 0.348 e. The van der Waals surface area contributed by atoms with Gasteiger partial charge < -0.3 is 5.32 Å². The molecule has 1 N–H and O–H groups in total. The fraction of sp³-hybridized carbons (Fsp3) is 0.136. The fourth-order valence-corrected chi connectivity index (χ4v) is 5.10. The Morgan fingerprint density at radius 1 is 1.03 bits per heavy atom. The van der Waals surface area contributed by atoms with E-state index in [1.165, 1.54) is 40.7 Å². The van der Waals surface area contributed by atoms with Crippen molar-refractivity contribution in [1.82, 2.24) is 5.32 Å². The normalized spacial score (nSPS) is 13.0. The third-order valence-electron chi connectivity index (χ3n) is 5.10. The number of benzene rings is 3. The van der Waals surface area contributed by atoms with Crippen molar-refractivity contribution in [2.24, 2.45) is 0 Å². The molecule has 1 aliphatic heterocycles. The molecule has 0 bridgehead atoms. The lowest BCUT2D eigenvalue weighted by atomic mass is 10.2. The molecule has 0 aromatic heterocycles. The summed E-state index contributed by atoms with van der Waals surface area (Å²) >= 11 is 0. The van der Waals surface area contributed by atoms with Crippen LogP contribution in [0, 0.1) is 10.1 Å². The first-order valence-electron chi connectivity index (χ1n) is 9.58. The van der Waals surface area contributed by atoms with E-state index < -0.39 is 20.9 Å². The maximum Gasteiger partial charge on any atom is 0.269 e. The molecule has 3 aromatic carbocycles. The number of sulfonamides is 1. The molecule has 158 valence electrons. The Balaban J connectivity index is 1.52. The number of fused-ring (bicyclic) bond motifs is 1. The monoisotopic (exact) mass is 437 g/mol. The van der Waals surface area contributed by atoms with Gasteiger partial charge in [0.05, 0.1) is 15.5 Å². The molecular weight excluding hydrogens is 418 g/mol. The van der Waals surface area contributed by atoms with E-state index in [2.05, 4.69) is 5.32 Å². The highest BCUT2D eigenvalue weighted by Crippen LogP contribution is 2.32. The molecule has 1 heterocycles. The van der Waals surface area contributed by atoms with E-state index in [1.54, 1.807) is 24.3 Å². The number of carbonyl (C=O) groups is 1. The topological polar surface area (TPSA) is 110 Å². The molecule has 8 nitrogen and oxygen atoms in total. The second kappa shape index (κ2) is 8.19. The molecule has 1 amide bonds. The molecule has 0 saturated heterocycles. The maximum atomic E-state index is 13.2. The van der Waals surface area contributed by atoms with Crippen LogP contribution >= 0.6 is 0 Å². The molecule has 0 atom stereocenters. The van der Waals surface area contributed by atoms with Crippen LogP contribution in [0.3, 0.4) is 0 Å². The number of amides is 1. The Morgan fingerprint density at radius 2 is 1.81 bits per heavy atom. The third kappa shape index (κ3) is 4.13. The smallest absolute Gasteiger partial charge is 0.269 e. The van der Waals surface area contributed by atoms with Crippen LogP contribution < -0.4 is 9.62 Å². The zero-order valence-electron chi connectivity index (χ0n) is 16.4. The summed E-state index contributed by atoms with van der Waals surface area (Å²) in [5, 5.41) is 13.6. The number of hydrogen-bond acceptors (Lipinski definition) is 5. The molecule has 0 unspecified atom stereocenters. The second-order valence-electron chi connectivity index (χ2n) is 7.09. The summed E-state index contributed by atoms with van der Waals surface area (Å²) in [7, 11) is -3.81. The van der Waals surface area contributed by atoms with Gasteiger partial charge in [-0.25, -0.2) is 8.42 Å². The fourth-order valence-electron chi connectivity index (χ4n) is 3.55. The highest BCUT2D eigenvalue weighted by molar-refractivity contribution is 7.92. The predicted molar refractivity (Wildman–Crippen MR) is 115 cm³/mol. The molecule has 0 spiro atoms. The van der Waals surface area contributed by atoms with Crippen molar-refractivity contribution in [2.45, 2.75) is 17.9 Å². The summed E-state index contributed by atoms with van der Waals surface area (Å²) in [6.07, 6.45) is 0.638. The van der Waals surface area contributed by atoms with Crippen molar-refractivity contribution >= 4 is 27.3 Å². The zero-order chi connectivity index (χ0) is 22.0. The van der Waals surface area contributed by atoms with Crippen LogP contribution in [0.5, 0.6) is 0 Å². The van der Waals surface area contributed by atoms with E-state index in [0.29, 0.717) is 24.2 Å². The maximum absolute atomic E-state index is 13.2. The van der Waals surface area contributed by atoms with Crippen LogP contribution in [0.1, 0.15) is 21.5 Å². The Morgan fingerprint density at radius 3 is 2.61 bits per heavy atom. The summed E-state index contributed by atoms with van der Waals surface area (Å²) in [5.41, 5.74) is 2.32. The van der Waals surface area contributed by atoms with Crippen LogP contribution in [0.25, 0.3) is 0 Å². The first-order valence-corrected chi connectivity index (χ1v) is 11.0. The van der Waals surface area contributed by atoms with Gasteiger partial charge in [0.15, 0.2) is 0 Å². The van der Waals surface area contributed by atoms with Gasteiger partial charge >= 0.3 is 0 Å². The Kier molecular flexibility index (Phi) is 5.43. The molecule has 9 heteroatoms. The van der Waals surface area contributed by atoms with E-state index in [1.807, 2.05) is 12.1 Å². The average Bonchev–Trinajstić information content (AvgIpc) is 3.23. The van der Waals surface area contributed by atoms with Gasteiger partial charge in [-0.1, -0.05) is 36.4 Å². The third-order valence-corrected chi connectivity index (χ3v) is 6.91. The molecule has 0 radical (unpaired) electrons. The molecule has 1 aliphatic rings. The number of anilines is 1. The minimum atomic E-state index is -3.81. The highest BCUT2D eigenvalue weighted by Gasteiger charge is 2.30. The van der Waals surface area contributed by atoms with E-state index in [4.69, 9.17) is 0 Å². The number of nitrogens with one attached hydrogen (secondary N) is 1. The lowest BCUT2D eigenvalue weighted by Crippen LogP contribution is -2.29. The molecule has 3 aromatic rings. The second-order valence-corrected chi connectivity index (χ2v) is 8.96. The standard InChI is InChI=1S/C22H19N3O5S/c26-22(23-15-16-5-3-8-19(13-16)25(27)28)18-7-4-9-20(14-18)31(29,30)24-12-11-17-6-1-2-10-21(17)24/h1-10,13-14H,11-12,15H2,(H,23,26). The van der Waals surface area contributed by atoms with Crippen LogP contribution in [0.2, 0.25) is 0 Å². The molecule has 31 heavy (non-hydrogen) atoms. The number of nitrogens with zero attached hydrogens (tertiary/aromatic N) is 2. The van der Waals surface area contributed by atoms with Crippen LogP contribution in [0.4, 0.5) is 11.4 Å². The van der Waals surface area contributed by atoms with Crippen molar-refractivity contribution in [3.63, 3.8) is 0 Å². The van der Waals surface area contributed by atoms with E-state index in [-0.39, 0.29) is 22.7 Å². The summed E-state index contributed by atoms with van der Waals surface area (Å²) in [4.78, 5) is 23.0. The van der Waals surface area contributed by atoms with Gasteiger partial charge in [0.1, 0.15) is 0 Å². The number of nitro groups is 1. The van der Waals surface area contributed by atoms with Crippen molar-refractivity contribution < 1.29 is 18.1 Å². The number of para-hydroxylation sites is 1. The lowest BCUT2D eigenvalue weighted by molar-refractivity contribution is -0.384. The Labute approximate surface area is 179 Å². The predicted octanol–water partition coefficient (Wildman–Crippen LogP) is 3.28. The number of rotatable bonds is 6. The molecular formula is C22H19N3O5S. The van der Waals surface area contributed by atoms with Gasteiger partial charge in [-0.2, -0.15) is 0 Å². The van der Waals surface area contributed by atoms with Gasteiger partial charge in [-0.05, 0) is 41.8 Å². The number of non-ortho nitro benzene ring substituents is 1. The summed E-state index contributed by atoms with van der Waals surface area (Å²) in [5.74, 6) is -0.467. The Bertz CT molecular complexity index is 1270. The molecule has 0 aliphatic carbocycles. The Hall–Kier alpha value is -3.72. The average molecular weight is 437 g/mol. The van der Waals surface area contributed by atoms with Gasteiger partial charge in [0.2, 0.25) is 0 Å². The summed E-state index contributed by atoms with van der Waals surface area (Å²) < 4.78 is 27.7. The number of nitro benzene ring substituents is 1. The quantitative estimate of drug-likeness (QED) is 0.470. The van der Waals surface area contributed by atoms with E-state index in [9.17, 15) is 23.3 Å². The van der Waals surface area contributed by atoms with Crippen molar-refractivity contribution in [2.75, 3.05) is 10.8 Å². The minimum Gasteiger partial charge on any atom is -0.348 e. The SMILES string of the molecule is O=C(NCc1cccc([N+](=O)[O-])c1)c1cccc(S(=O)(=O)N2CCc3ccccc32)c1. The van der Waals surface area contributed by atoms with E-state index in [0.717, 1.165) is 5.56 Å². The van der Waals surface area contributed by atoms with Gasteiger partial charge in [-0.3, -0.25) is 19.2 Å². The van der Waals surface area contributed by atoms with Crippen LogP contribution in [0.15, 0.2) is 77.7 Å². The van der Waals surface area contributed by atoms with Crippen molar-refractivity contribution in [1.29, 1.82) is 0 Å². The molecule has 0 saturated carbocycles. The molecule has 0 fully saturated rings. The highest BCUT2D eigenvalue weighted by atomic mass is 32.2. The minimum absolute atomic E-state index is 0.0344. The van der Waals surface area contributed by atoms with Gasteiger partial charge in [0.25, 0.3) is 21.6 Å². The zero-order valence-corrected chi connectivity index (χ0v) is 17.2. The first kappa shape index (κ1) is 20.5. The van der Waals surface area contributed by atoms with Gasteiger partial charge in [0, 0.05) is 30.8 Å². The van der Waals surface area contributed by atoms with Crippen LogP contribution in [-0.4, -0.2) is 25.8 Å². The van der Waals surface area contributed by atoms with Crippen molar-refractivity contribution in [3.8, 4) is 0 Å². The summed E-state index contributed by atoms with van der Waals surface area (Å²) in [6, 6.07) is 19.2. The molecule has 4 rings (SSSR count). The van der Waals surface area contributed by atoms with E-state index >= 15 is 0 Å². The van der Waals surface area contributed by atoms with Crippen LogP contribution in [-0.2, 0) is 23.0 Å². The first-order chi connectivity index (χ1) is 14.9.